The lowest BCUT2D eigenvalue weighted by Gasteiger charge is -2.04. The van der Waals surface area contributed by atoms with Crippen molar-refractivity contribution in [2.24, 2.45) is 0 Å². The van der Waals surface area contributed by atoms with Crippen LogP contribution in [0, 0.1) is 10.1 Å². The fourth-order valence-electron chi connectivity index (χ4n) is 1.61. The van der Waals surface area contributed by atoms with Crippen molar-refractivity contribution in [2.75, 3.05) is 0 Å². The van der Waals surface area contributed by atoms with Gasteiger partial charge in [0.15, 0.2) is 0 Å². The van der Waals surface area contributed by atoms with Crippen LogP contribution >= 0.6 is 27.7 Å². The number of nitro benzene ring substituents is 1. The summed E-state index contributed by atoms with van der Waals surface area (Å²) in [5.74, 6) is -1.28. The van der Waals surface area contributed by atoms with Crippen molar-refractivity contribution in [2.45, 2.75) is 18.6 Å². The third kappa shape index (κ3) is 4.11. The predicted octanol–water partition coefficient (Wildman–Crippen LogP) is 3.23. The summed E-state index contributed by atoms with van der Waals surface area (Å²) in [4.78, 5) is 21.4. The highest BCUT2D eigenvalue weighted by Crippen LogP contribution is 2.36. The summed E-state index contributed by atoms with van der Waals surface area (Å²) >= 11 is 3.67. The molecule has 0 atom stereocenters. The maximum atomic E-state index is 11.4. The van der Waals surface area contributed by atoms with Crippen LogP contribution in [-0.2, 0) is 11.2 Å². The van der Waals surface area contributed by atoms with Gasteiger partial charge in [-0.25, -0.2) is 4.79 Å². The predicted molar refractivity (Wildman–Crippen MR) is 87.6 cm³/mol. The number of nitro groups is 1. The van der Waals surface area contributed by atoms with E-state index in [0.29, 0.717) is 24.1 Å². The highest BCUT2D eigenvalue weighted by molar-refractivity contribution is 9.10. The fraction of sp³-hybridized carbons (Fsp3) is 0.154. The zero-order valence-corrected chi connectivity index (χ0v) is 14.5. The molecular weight excluding hydrogens is 406 g/mol. The number of non-ortho nitro benzene ring substituents is 1. The number of thioether (sulfide) groups is 1. The molecule has 0 aliphatic carbocycles. The second-order valence-corrected chi connectivity index (χ2v) is 6.20. The van der Waals surface area contributed by atoms with E-state index in [2.05, 4.69) is 26.1 Å². The molecule has 0 unspecified atom stereocenters. The zero-order valence-electron chi connectivity index (χ0n) is 12.1. The van der Waals surface area contributed by atoms with Crippen LogP contribution < -0.4 is 0 Å². The summed E-state index contributed by atoms with van der Waals surface area (Å²) in [5, 5.41) is 37.6. The molecule has 0 aliphatic heterocycles. The number of benzene rings is 1. The Bertz CT molecular complexity index is 835. The topological polar surface area (TPSA) is 140 Å². The number of hydrogen-bond donors (Lipinski definition) is 2. The SMILES string of the molecule is CCc1nnc(S/C(=C\c2cc([N+](=O)[O-])cc(Br)c2O)C(=O)O)o1. The number of carboxylic acid groups (broad SMARTS) is 1. The van der Waals surface area contributed by atoms with E-state index in [1.165, 1.54) is 0 Å². The maximum Gasteiger partial charge on any atom is 0.342 e. The molecule has 1 heterocycles. The van der Waals surface area contributed by atoms with E-state index in [9.17, 15) is 25.1 Å². The molecule has 2 rings (SSSR count). The van der Waals surface area contributed by atoms with Crippen molar-refractivity contribution in [3.8, 4) is 5.75 Å². The lowest BCUT2D eigenvalue weighted by Crippen LogP contribution is -1.97. The van der Waals surface area contributed by atoms with Crippen molar-refractivity contribution in [1.29, 1.82) is 0 Å². The average Bonchev–Trinajstić information content (AvgIpc) is 2.98. The van der Waals surface area contributed by atoms with Gasteiger partial charge in [-0.05, 0) is 33.8 Å². The molecule has 2 N–H and O–H groups in total. The first-order chi connectivity index (χ1) is 11.3. The largest absolute Gasteiger partial charge is 0.506 e. The van der Waals surface area contributed by atoms with Crippen molar-refractivity contribution in [3.63, 3.8) is 0 Å². The van der Waals surface area contributed by atoms with Gasteiger partial charge < -0.3 is 14.6 Å². The molecule has 24 heavy (non-hydrogen) atoms. The molecule has 0 saturated heterocycles. The van der Waals surface area contributed by atoms with Gasteiger partial charge in [-0.3, -0.25) is 10.1 Å². The minimum Gasteiger partial charge on any atom is -0.506 e. The molecule has 1 aromatic carbocycles. The number of halogens is 1. The maximum absolute atomic E-state index is 11.4. The molecule has 9 nitrogen and oxygen atoms in total. The summed E-state index contributed by atoms with van der Waals surface area (Å²) in [6, 6.07) is 2.18. The molecule has 0 fully saturated rings. The highest BCUT2D eigenvalue weighted by Gasteiger charge is 2.18. The van der Waals surface area contributed by atoms with Gasteiger partial charge in [0, 0.05) is 24.1 Å². The number of nitrogens with zero attached hydrogens (tertiary/aromatic N) is 3. The standard InChI is InChI=1S/C13H10BrN3O6S/c1-2-10-15-16-13(23-10)24-9(12(19)20)4-6-3-7(17(21)22)5-8(14)11(6)18/h3-5,18H,2H2,1H3,(H,19,20)/b9-4-. The van der Waals surface area contributed by atoms with Gasteiger partial charge in [0.25, 0.3) is 10.9 Å². The Morgan fingerprint density at radius 3 is 2.75 bits per heavy atom. The molecule has 0 aliphatic rings. The van der Waals surface area contributed by atoms with Gasteiger partial charge >= 0.3 is 5.97 Å². The quantitative estimate of drug-likeness (QED) is 0.314. The first-order valence-corrected chi connectivity index (χ1v) is 8.04. The number of phenolic OH excluding ortho intramolecular Hbond substituents is 1. The normalized spacial score (nSPS) is 11.5. The average molecular weight is 416 g/mol. The van der Waals surface area contributed by atoms with Crippen molar-refractivity contribution >= 4 is 45.4 Å². The van der Waals surface area contributed by atoms with E-state index in [0.717, 1.165) is 18.2 Å². The monoisotopic (exact) mass is 415 g/mol. The van der Waals surface area contributed by atoms with Crippen molar-refractivity contribution in [3.05, 3.63) is 43.1 Å². The van der Waals surface area contributed by atoms with Gasteiger partial charge in [-0.15, -0.1) is 10.2 Å². The lowest BCUT2D eigenvalue weighted by molar-refractivity contribution is -0.385. The summed E-state index contributed by atoms with van der Waals surface area (Å²) in [5.41, 5.74) is -0.331. The molecule has 0 saturated carbocycles. The summed E-state index contributed by atoms with van der Waals surface area (Å²) < 4.78 is 5.30. The van der Waals surface area contributed by atoms with Crippen LogP contribution in [0.15, 0.2) is 31.2 Å². The third-order valence-corrected chi connectivity index (χ3v) is 4.19. The van der Waals surface area contributed by atoms with E-state index in [1.807, 2.05) is 0 Å². The van der Waals surface area contributed by atoms with Crippen LogP contribution in [0.25, 0.3) is 6.08 Å². The molecule has 0 radical (unpaired) electrons. The second kappa shape index (κ2) is 7.45. The van der Waals surface area contributed by atoms with Crippen LogP contribution in [0.1, 0.15) is 18.4 Å². The van der Waals surface area contributed by atoms with Crippen LogP contribution in [0.4, 0.5) is 5.69 Å². The Labute approximate surface area is 147 Å². The summed E-state index contributed by atoms with van der Waals surface area (Å²) in [6.45, 7) is 1.80. The Balaban J connectivity index is 2.43. The van der Waals surface area contributed by atoms with Crippen LogP contribution in [0.5, 0.6) is 5.75 Å². The molecule has 0 spiro atoms. The van der Waals surface area contributed by atoms with Gasteiger partial charge in [0.1, 0.15) is 10.7 Å². The van der Waals surface area contributed by atoms with E-state index < -0.39 is 10.9 Å². The van der Waals surface area contributed by atoms with Crippen LogP contribution in [0.3, 0.4) is 0 Å². The van der Waals surface area contributed by atoms with Gasteiger partial charge in [-0.2, -0.15) is 0 Å². The number of carboxylic acids is 1. The van der Waals surface area contributed by atoms with E-state index in [1.54, 1.807) is 6.92 Å². The minimum atomic E-state index is -1.31. The molecule has 1 aromatic heterocycles. The van der Waals surface area contributed by atoms with Gasteiger partial charge in [-0.1, -0.05) is 6.92 Å². The number of rotatable bonds is 6. The van der Waals surface area contributed by atoms with Crippen molar-refractivity contribution < 1.29 is 24.3 Å². The van der Waals surface area contributed by atoms with Crippen molar-refractivity contribution in [1.82, 2.24) is 10.2 Å². The highest BCUT2D eigenvalue weighted by atomic mass is 79.9. The van der Waals surface area contributed by atoms with Gasteiger partial charge in [0.2, 0.25) is 5.89 Å². The Kier molecular flexibility index (Phi) is 5.57. The van der Waals surface area contributed by atoms with E-state index >= 15 is 0 Å². The number of carbonyl (C=O) groups is 1. The Morgan fingerprint density at radius 1 is 1.50 bits per heavy atom. The fourth-order valence-corrected chi connectivity index (χ4v) is 2.76. The van der Waals surface area contributed by atoms with E-state index in [-0.39, 0.29) is 31.6 Å². The molecule has 126 valence electrons. The van der Waals surface area contributed by atoms with Crippen LogP contribution in [0.2, 0.25) is 0 Å². The minimum absolute atomic E-state index is 0.0180. The molecule has 0 bridgehead atoms. The van der Waals surface area contributed by atoms with E-state index in [4.69, 9.17) is 4.42 Å². The Morgan fingerprint density at radius 2 is 2.21 bits per heavy atom. The number of aryl methyl sites for hydroxylation is 1. The molecule has 0 amide bonds. The smallest absolute Gasteiger partial charge is 0.342 e. The zero-order chi connectivity index (χ0) is 17.9. The first kappa shape index (κ1) is 17.9. The second-order valence-electron chi connectivity index (χ2n) is 4.35. The first-order valence-electron chi connectivity index (χ1n) is 6.44. The summed E-state index contributed by atoms with van der Waals surface area (Å²) in [6.07, 6.45) is 1.59. The third-order valence-electron chi connectivity index (χ3n) is 2.73. The number of aromatic hydroxyl groups is 1. The molecular formula is C13H10BrN3O6S. The Hall–Kier alpha value is -2.40. The number of hydrogen-bond acceptors (Lipinski definition) is 8. The number of phenols is 1. The number of aliphatic carboxylic acids is 1. The lowest BCUT2D eigenvalue weighted by atomic mass is 10.1. The number of aromatic nitrogens is 2. The summed E-state index contributed by atoms with van der Waals surface area (Å²) in [7, 11) is 0. The van der Waals surface area contributed by atoms with Gasteiger partial charge in [0.05, 0.1) is 9.40 Å². The molecule has 11 heteroatoms. The molecule has 2 aromatic rings. The van der Waals surface area contributed by atoms with Crippen LogP contribution in [-0.4, -0.2) is 31.3 Å².